The van der Waals surface area contributed by atoms with Gasteiger partial charge in [-0.3, -0.25) is 4.79 Å². The average molecular weight is 391 g/mol. The first kappa shape index (κ1) is 16.9. The summed E-state index contributed by atoms with van der Waals surface area (Å²) < 4.78 is 27.4. The number of benzene rings is 1. The van der Waals surface area contributed by atoms with E-state index in [0.717, 1.165) is 0 Å². The molecule has 1 atom stereocenters. The van der Waals surface area contributed by atoms with Gasteiger partial charge in [-0.1, -0.05) is 6.07 Å². The lowest BCUT2D eigenvalue weighted by molar-refractivity contribution is -0.117. The molecule has 120 valence electrons. The van der Waals surface area contributed by atoms with E-state index in [1.165, 1.54) is 12.0 Å². The molecule has 2 N–H and O–H groups in total. The molecule has 0 saturated carbocycles. The molecule has 0 spiro atoms. The van der Waals surface area contributed by atoms with E-state index in [0.29, 0.717) is 15.7 Å². The number of amides is 1. The Labute approximate surface area is 136 Å². The zero-order chi connectivity index (χ0) is 16.5. The van der Waals surface area contributed by atoms with E-state index < -0.39 is 16.0 Å². The number of rotatable bonds is 4. The quantitative estimate of drug-likeness (QED) is 0.767. The van der Waals surface area contributed by atoms with Crippen molar-refractivity contribution in [3.63, 3.8) is 0 Å². The van der Waals surface area contributed by atoms with E-state index in [-0.39, 0.29) is 30.5 Å². The van der Waals surface area contributed by atoms with E-state index in [2.05, 4.69) is 20.7 Å². The fourth-order valence-corrected chi connectivity index (χ4v) is 3.97. The molecule has 0 radical (unpaired) electrons. The minimum atomic E-state index is -3.64. The molecule has 1 unspecified atom stereocenters. The van der Waals surface area contributed by atoms with Crippen molar-refractivity contribution in [2.75, 3.05) is 24.3 Å². The summed E-state index contributed by atoms with van der Waals surface area (Å²) in [5.74, 6) is -1.35. The number of hydrogen-bond acceptors (Lipinski definition) is 5. The Morgan fingerprint density at radius 1 is 1.50 bits per heavy atom. The molecule has 1 heterocycles. The van der Waals surface area contributed by atoms with Gasteiger partial charge >= 0.3 is 5.97 Å². The molecule has 1 amide bonds. The van der Waals surface area contributed by atoms with Crippen LogP contribution in [0.15, 0.2) is 22.7 Å². The number of methoxy groups -OCH3 is 1. The Morgan fingerprint density at radius 3 is 2.77 bits per heavy atom. The summed E-state index contributed by atoms with van der Waals surface area (Å²) in [7, 11) is -2.37. The summed E-state index contributed by atoms with van der Waals surface area (Å²) in [4.78, 5) is 25.3. The van der Waals surface area contributed by atoms with Gasteiger partial charge in [0.05, 0.1) is 28.6 Å². The Morgan fingerprint density at radius 2 is 2.18 bits per heavy atom. The lowest BCUT2D eigenvalue weighted by Crippen LogP contribution is -2.28. The van der Waals surface area contributed by atoms with Crippen molar-refractivity contribution in [1.82, 2.24) is 0 Å². The third kappa shape index (κ3) is 3.65. The van der Waals surface area contributed by atoms with Crippen LogP contribution in [0, 0.1) is 5.92 Å². The van der Waals surface area contributed by atoms with Crippen molar-refractivity contribution in [3.05, 3.63) is 28.2 Å². The third-order valence-corrected chi connectivity index (χ3v) is 5.12. The van der Waals surface area contributed by atoms with Crippen molar-refractivity contribution in [2.24, 2.45) is 11.1 Å². The van der Waals surface area contributed by atoms with Crippen LogP contribution in [0.25, 0.3) is 0 Å². The number of nitrogens with zero attached hydrogens (tertiary/aromatic N) is 1. The van der Waals surface area contributed by atoms with Crippen molar-refractivity contribution in [3.8, 4) is 0 Å². The average Bonchev–Trinajstić information content (AvgIpc) is 2.76. The molecule has 1 fully saturated rings. The second kappa shape index (κ2) is 6.35. The molecule has 22 heavy (non-hydrogen) atoms. The van der Waals surface area contributed by atoms with Crippen LogP contribution in [0.1, 0.15) is 16.8 Å². The Hall–Kier alpha value is -1.45. The number of hydrogen-bond donors (Lipinski definition) is 1. The van der Waals surface area contributed by atoms with E-state index in [1.807, 2.05) is 0 Å². The van der Waals surface area contributed by atoms with Gasteiger partial charge in [0.15, 0.2) is 0 Å². The maximum Gasteiger partial charge on any atom is 0.339 e. The van der Waals surface area contributed by atoms with Crippen LogP contribution in [0.2, 0.25) is 0 Å². The van der Waals surface area contributed by atoms with E-state index in [9.17, 15) is 18.0 Å². The highest BCUT2D eigenvalue weighted by molar-refractivity contribution is 9.10. The summed E-state index contributed by atoms with van der Waals surface area (Å²) in [5, 5.41) is 5.03. The molecule has 0 aliphatic carbocycles. The van der Waals surface area contributed by atoms with Crippen LogP contribution in [0.4, 0.5) is 5.69 Å². The zero-order valence-electron chi connectivity index (χ0n) is 11.8. The maximum atomic E-state index is 12.1. The first-order valence-electron chi connectivity index (χ1n) is 6.40. The second-order valence-electron chi connectivity index (χ2n) is 5.03. The topological polar surface area (TPSA) is 107 Å². The summed E-state index contributed by atoms with van der Waals surface area (Å²) in [6.07, 6.45) is 0.103. The molecule has 7 nitrogen and oxygen atoms in total. The van der Waals surface area contributed by atoms with E-state index >= 15 is 0 Å². The van der Waals surface area contributed by atoms with Crippen LogP contribution >= 0.6 is 15.9 Å². The molecule has 1 aromatic carbocycles. The molecule has 1 aliphatic heterocycles. The number of anilines is 1. The smallest absolute Gasteiger partial charge is 0.339 e. The van der Waals surface area contributed by atoms with Crippen molar-refractivity contribution in [2.45, 2.75) is 6.42 Å². The Kier molecular flexibility index (Phi) is 4.88. The molecule has 0 aromatic heterocycles. The number of primary sulfonamides is 1. The number of sulfonamides is 1. The monoisotopic (exact) mass is 390 g/mol. The predicted molar refractivity (Wildman–Crippen MR) is 83.9 cm³/mol. The SMILES string of the molecule is COC(=O)c1cccc(N2CC(CS(N)(=O)=O)CC2=O)c1Br. The first-order valence-corrected chi connectivity index (χ1v) is 8.91. The molecule has 0 bridgehead atoms. The van der Waals surface area contributed by atoms with Crippen molar-refractivity contribution >= 4 is 43.5 Å². The first-order chi connectivity index (χ1) is 10.2. The number of carbonyl (C=O) groups excluding carboxylic acids is 2. The molecular formula is C13H15BrN2O5S. The van der Waals surface area contributed by atoms with Crippen molar-refractivity contribution in [1.29, 1.82) is 0 Å². The number of esters is 1. The van der Waals surface area contributed by atoms with Gasteiger partial charge < -0.3 is 9.64 Å². The van der Waals surface area contributed by atoms with Crippen LogP contribution in [0.3, 0.4) is 0 Å². The van der Waals surface area contributed by atoms with Gasteiger partial charge in [-0.05, 0) is 28.1 Å². The highest BCUT2D eigenvalue weighted by Gasteiger charge is 2.34. The Balaban J connectivity index is 2.29. The molecule has 9 heteroatoms. The normalized spacial score (nSPS) is 18.6. The lowest BCUT2D eigenvalue weighted by Gasteiger charge is -2.19. The predicted octanol–water partition coefficient (Wildman–Crippen LogP) is 0.877. The highest BCUT2D eigenvalue weighted by atomic mass is 79.9. The third-order valence-electron chi connectivity index (χ3n) is 3.35. The summed E-state index contributed by atoms with van der Waals surface area (Å²) in [6, 6.07) is 4.88. The Bertz CT molecular complexity index is 719. The van der Waals surface area contributed by atoms with Crippen LogP contribution in [-0.4, -0.2) is 39.7 Å². The molecule has 1 saturated heterocycles. The van der Waals surface area contributed by atoms with Gasteiger partial charge in [0.25, 0.3) is 0 Å². The lowest BCUT2D eigenvalue weighted by atomic mass is 10.1. The summed E-state index contributed by atoms with van der Waals surface area (Å²) in [5.41, 5.74) is 0.799. The van der Waals surface area contributed by atoms with Crippen LogP contribution < -0.4 is 10.0 Å². The molecular weight excluding hydrogens is 376 g/mol. The van der Waals surface area contributed by atoms with Gasteiger partial charge in [0.2, 0.25) is 15.9 Å². The standard InChI is InChI=1S/C13H15BrN2O5S/c1-21-13(18)9-3-2-4-10(12(9)14)16-6-8(5-11(16)17)7-22(15,19)20/h2-4,8H,5-7H2,1H3,(H2,15,19,20). The van der Waals surface area contributed by atoms with Gasteiger partial charge in [-0.25, -0.2) is 18.4 Å². The second-order valence-corrected chi connectivity index (χ2v) is 7.49. The fraction of sp³-hybridized carbons (Fsp3) is 0.385. The van der Waals surface area contributed by atoms with Crippen LogP contribution in [-0.2, 0) is 19.6 Å². The number of ether oxygens (including phenoxy) is 1. The fourth-order valence-electron chi connectivity index (χ4n) is 2.45. The largest absolute Gasteiger partial charge is 0.465 e. The molecule has 1 aliphatic rings. The van der Waals surface area contributed by atoms with Gasteiger partial charge in [0, 0.05) is 18.9 Å². The summed E-state index contributed by atoms with van der Waals surface area (Å²) >= 11 is 3.30. The number of nitrogens with two attached hydrogens (primary N) is 1. The highest BCUT2D eigenvalue weighted by Crippen LogP contribution is 2.34. The number of halogens is 1. The summed E-state index contributed by atoms with van der Waals surface area (Å²) in [6.45, 7) is 0.235. The van der Waals surface area contributed by atoms with Crippen molar-refractivity contribution < 1.29 is 22.7 Å². The van der Waals surface area contributed by atoms with E-state index in [4.69, 9.17) is 5.14 Å². The number of carbonyl (C=O) groups is 2. The maximum absolute atomic E-state index is 12.1. The zero-order valence-corrected chi connectivity index (χ0v) is 14.2. The van der Waals surface area contributed by atoms with Crippen LogP contribution in [0.5, 0.6) is 0 Å². The minimum absolute atomic E-state index is 0.103. The van der Waals surface area contributed by atoms with Gasteiger partial charge in [-0.15, -0.1) is 0 Å². The van der Waals surface area contributed by atoms with Gasteiger partial charge in [0.1, 0.15) is 0 Å². The molecule has 2 rings (SSSR count). The molecule has 1 aromatic rings. The van der Waals surface area contributed by atoms with E-state index in [1.54, 1.807) is 18.2 Å². The minimum Gasteiger partial charge on any atom is -0.465 e. The van der Waals surface area contributed by atoms with Gasteiger partial charge in [-0.2, -0.15) is 0 Å².